The Morgan fingerprint density at radius 3 is 2.50 bits per heavy atom. The number of amides is 3. The van der Waals surface area contributed by atoms with Crippen LogP contribution in [0.5, 0.6) is 0 Å². The molecule has 0 spiro atoms. The summed E-state index contributed by atoms with van der Waals surface area (Å²) in [5, 5.41) is 0. The van der Waals surface area contributed by atoms with Crippen LogP contribution in [-0.4, -0.2) is 60.4 Å². The van der Waals surface area contributed by atoms with Gasteiger partial charge in [-0.2, -0.15) is 0 Å². The number of ether oxygens (including phenoxy) is 1. The van der Waals surface area contributed by atoms with E-state index in [4.69, 9.17) is 4.74 Å². The van der Waals surface area contributed by atoms with Gasteiger partial charge >= 0.3 is 0 Å². The second-order valence-corrected chi connectivity index (χ2v) is 7.00. The Hall–Kier alpha value is -2.21. The number of carbonyl (C=O) groups excluding carboxylic acids is 3. The Bertz CT molecular complexity index is 647. The Labute approximate surface area is 154 Å². The van der Waals surface area contributed by atoms with Gasteiger partial charge < -0.3 is 9.64 Å². The van der Waals surface area contributed by atoms with E-state index >= 15 is 0 Å². The summed E-state index contributed by atoms with van der Waals surface area (Å²) >= 11 is 0. The summed E-state index contributed by atoms with van der Waals surface area (Å²) in [4.78, 5) is 39.8. The van der Waals surface area contributed by atoms with E-state index in [0.29, 0.717) is 30.5 Å². The van der Waals surface area contributed by atoms with E-state index in [-0.39, 0.29) is 30.4 Å². The number of nitrogens with zero attached hydrogens (tertiary/aromatic N) is 2. The topological polar surface area (TPSA) is 66.9 Å². The Balaban J connectivity index is 1.41. The largest absolute Gasteiger partial charge is 0.378 e. The molecule has 2 aliphatic heterocycles. The van der Waals surface area contributed by atoms with Gasteiger partial charge in [0.2, 0.25) is 5.91 Å². The SMILES string of the molecule is CN(CCC1CCCCO1)C(=O)CCCN1C(=O)c2ccccc2C1=O. The van der Waals surface area contributed by atoms with Crippen molar-refractivity contribution in [2.75, 3.05) is 26.7 Å². The number of fused-ring (bicyclic) bond motifs is 1. The number of carbonyl (C=O) groups is 3. The first-order valence-corrected chi connectivity index (χ1v) is 9.38. The third kappa shape index (κ3) is 4.12. The smallest absolute Gasteiger partial charge is 0.261 e. The van der Waals surface area contributed by atoms with Crippen molar-refractivity contribution in [3.8, 4) is 0 Å². The normalized spacial score (nSPS) is 19.6. The number of hydrogen-bond donors (Lipinski definition) is 0. The van der Waals surface area contributed by atoms with E-state index in [9.17, 15) is 14.4 Å². The van der Waals surface area contributed by atoms with Crippen LogP contribution < -0.4 is 0 Å². The predicted octanol–water partition coefficient (Wildman–Crippen LogP) is 2.48. The first-order chi connectivity index (χ1) is 12.6. The molecular formula is C20H26N2O4. The summed E-state index contributed by atoms with van der Waals surface area (Å²) in [5.41, 5.74) is 0.904. The standard InChI is InChI=1S/C20H26N2O4/c1-21(13-11-15-7-4-5-14-26-15)18(23)10-6-12-22-19(24)16-8-2-3-9-17(16)20(22)25/h2-3,8-9,15H,4-7,10-14H2,1H3. The number of benzene rings is 1. The molecule has 0 aliphatic carbocycles. The van der Waals surface area contributed by atoms with Crippen molar-refractivity contribution in [3.05, 3.63) is 35.4 Å². The van der Waals surface area contributed by atoms with Crippen LogP contribution in [0.15, 0.2) is 24.3 Å². The van der Waals surface area contributed by atoms with Crippen LogP contribution in [0.3, 0.4) is 0 Å². The van der Waals surface area contributed by atoms with Gasteiger partial charge in [-0.15, -0.1) is 0 Å². The summed E-state index contributed by atoms with van der Waals surface area (Å²) < 4.78 is 5.69. The second kappa shape index (κ2) is 8.45. The molecule has 2 heterocycles. The number of rotatable bonds is 7. The molecule has 0 aromatic heterocycles. The zero-order valence-corrected chi connectivity index (χ0v) is 15.3. The van der Waals surface area contributed by atoms with Crippen molar-refractivity contribution in [2.24, 2.45) is 0 Å². The fraction of sp³-hybridized carbons (Fsp3) is 0.550. The maximum Gasteiger partial charge on any atom is 0.261 e. The van der Waals surface area contributed by atoms with Crippen LogP contribution >= 0.6 is 0 Å². The lowest BCUT2D eigenvalue weighted by Crippen LogP contribution is -2.33. The van der Waals surface area contributed by atoms with Gasteiger partial charge in [0, 0.05) is 33.2 Å². The minimum atomic E-state index is -0.263. The van der Waals surface area contributed by atoms with Gasteiger partial charge in [0.25, 0.3) is 11.8 Å². The summed E-state index contributed by atoms with van der Waals surface area (Å²) in [5.74, 6) is -0.487. The summed E-state index contributed by atoms with van der Waals surface area (Å²) in [6, 6.07) is 6.84. The van der Waals surface area contributed by atoms with E-state index in [1.165, 1.54) is 11.3 Å². The van der Waals surface area contributed by atoms with Gasteiger partial charge in [-0.25, -0.2) is 0 Å². The molecule has 0 radical (unpaired) electrons. The lowest BCUT2D eigenvalue weighted by Gasteiger charge is -2.25. The van der Waals surface area contributed by atoms with Crippen LogP contribution in [0.2, 0.25) is 0 Å². The molecule has 6 heteroatoms. The lowest BCUT2D eigenvalue weighted by atomic mass is 10.1. The zero-order chi connectivity index (χ0) is 18.5. The van der Waals surface area contributed by atoms with E-state index in [1.54, 1.807) is 36.2 Å². The number of hydrogen-bond acceptors (Lipinski definition) is 4. The fourth-order valence-corrected chi connectivity index (χ4v) is 3.52. The molecule has 1 atom stereocenters. The summed E-state index contributed by atoms with van der Waals surface area (Å²) in [7, 11) is 1.80. The molecule has 6 nitrogen and oxygen atoms in total. The molecule has 140 valence electrons. The third-order valence-corrected chi connectivity index (χ3v) is 5.14. The average Bonchev–Trinajstić information content (AvgIpc) is 2.92. The molecule has 1 unspecified atom stereocenters. The number of imide groups is 1. The predicted molar refractivity (Wildman–Crippen MR) is 96.9 cm³/mol. The van der Waals surface area contributed by atoms with Crippen molar-refractivity contribution >= 4 is 17.7 Å². The molecule has 3 rings (SSSR count). The highest BCUT2D eigenvalue weighted by atomic mass is 16.5. The molecule has 2 aliphatic rings. The second-order valence-electron chi connectivity index (χ2n) is 7.00. The van der Waals surface area contributed by atoms with Crippen LogP contribution in [0, 0.1) is 0 Å². The Morgan fingerprint density at radius 1 is 1.19 bits per heavy atom. The highest BCUT2D eigenvalue weighted by Gasteiger charge is 2.34. The molecule has 0 N–H and O–H groups in total. The fourth-order valence-electron chi connectivity index (χ4n) is 3.52. The van der Waals surface area contributed by atoms with Crippen LogP contribution in [-0.2, 0) is 9.53 Å². The molecular weight excluding hydrogens is 332 g/mol. The van der Waals surface area contributed by atoms with E-state index in [0.717, 1.165) is 25.9 Å². The molecule has 1 aromatic carbocycles. The molecule has 1 saturated heterocycles. The monoisotopic (exact) mass is 358 g/mol. The molecule has 26 heavy (non-hydrogen) atoms. The van der Waals surface area contributed by atoms with Gasteiger partial charge in [-0.1, -0.05) is 12.1 Å². The zero-order valence-electron chi connectivity index (χ0n) is 15.3. The maximum atomic E-state index is 12.3. The van der Waals surface area contributed by atoms with Crippen molar-refractivity contribution in [3.63, 3.8) is 0 Å². The first kappa shape index (κ1) is 18.6. The molecule has 0 bridgehead atoms. The van der Waals surface area contributed by atoms with Crippen molar-refractivity contribution in [1.29, 1.82) is 0 Å². The van der Waals surface area contributed by atoms with Gasteiger partial charge in [0.15, 0.2) is 0 Å². The molecule has 0 saturated carbocycles. The van der Waals surface area contributed by atoms with Gasteiger partial charge in [0.05, 0.1) is 17.2 Å². The van der Waals surface area contributed by atoms with Gasteiger partial charge in [-0.05, 0) is 44.2 Å². The van der Waals surface area contributed by atoms with E-state index < -0.39 is 0 Å². The minimum absolute atomic E-state index is 0.0393. The average molecular weight is 358 g/mol. The van der Waals surface area contributed by atoms with Crippen molar-refractivity contribution < 1.29 is 19.1 Å². The maximum absolute atomic E-state index is 12.3. The molecule has 1 aromatic rings. The summed E-state index contributed by atoms with van der Waals surface area (Å²) in [6.45, 7) is 1.77. The van der Waals surface area contributed by atoms with E-state index in [1.807, 2.05) is 0 Å². The minimum Gasteiger partial charge on any atom is -0.378 e. The van der Waals surface area contributed by atoms with Gasteiger partial charge in [0.1, 0.15) is 0 Å². The van der Waals surface area contributed by atoms with Crippen LogP contribution in [0.4, 0.5) is 0 Å². The summed E-state index contributed by atoms with van der Waals surface area (Å²) in [6.07, 6.45) is 5.33. The molecule has 1 fully saturated rings. The van der Waals surface area contributed by atoms with E-state index in [2.05, 4.69) is 0 Å². The Kier molecular flexibility index (Phi) is 6.04. The van der Waals surface area contributed by atoms with Crippen molar-refractivity contribution in [1.82, 2.24) is 9.80 Å². The quantitative estimate of drug-likeness (QED) is 0.703. The van der Waals surface area contributed by atoms with Crippen molar-refractivity contribution in [2.45, 2.75) is 44.6 Å². The van der Waals surface area contributed by atoms with Gasteiger partial charge in [-0.3, -0.25) is 19.3 Å². The van der Waals surface area contributed by atoms with Crippen LogP contribution in [0.25, 0.3) is 0 Å². The first-order valence-electron chi connectivity index (χ1n) is 9.38. The highest BCUT2D eigenvalue weighted by Crippen LogP contribution is 2.22. The van der Waals surface area contributed by atoms with Crippen LogP contribution in [0.1, 0.15) is 59.2 Å². The highest BCUT2D eigenvalue weighted by molar-refractivity contribution is 6.21. The Morgan fingerprint density at radius 2 is 1.88 bits per heavy atom. The lowest BCUT2D eigenvalue weighted by molar-refractivity contribution is -0.130. The third-order valence-electron chi connectivity index (χ3n) is 5.14. The molecule has 3 amide bonds.